The number of hydrogen-bond acceptors (Lipinski definition) is 4. The Bertz CT molecular complexity index is 756. The van der Waals surface area contributed by atoms with Gasteiger partial charge in [0, 0.05) is 11.4 Å². The highest BCUT2D eigenvalue weighted by Crippen LogP contribution is 2.26. The Kier molecular flexibility index (Phi) is 4.44. The maximum Gasteiger partial charge on any atom is 0.196 e. The summed E-state index contributed by atoms with van der Waals surface area (Å²) in [4.78, 5) is 0. The van der Waals surface area contributed by atoms with Crippen molar-refractivity contribution in [2.75, 3.05) is 7.11 Å². The van der Waals surface area contributed by atoms with Gasteiger partial charge in [-0.1, -0.05) is 42.1 Å². The van der Waals surface area contributed by atoms with Crippen LogP contribution in [0.15, 0.2) is 59.8 Å². The van der Waals surface area contributed by atoms with E-state index in [1.54, 1.807) is 18.9 Å². The zero-order chi connectivity index (χ0) is 15.4. The van der Waals surface area contributed by atoms with Crippen LogP contribution in [0.5, 0.6) is 5.75 Å². The van der Waals surface area contributed by atoms with Crippen molar-refractivity contribution in [2.45, 2.75) is 17.8 Å². The zero-order valence-electron chi connectivity index (χ0n) is 12.6. The Morgan fingerprint density at radius 2 is 1.86 bits per heavy atom. The summed E-state index contributed by atoms with van der Waals surface area (Å²) in [6.07, 6.45) is 0. The van der Waals surface area contributed by atoms with E-state index in [1.807, 2.05) is 43.3 Å². The van der Waals surface area contributed by atoms with E-state index in [1.165, 1.54) is 5.56 Å². The van der Waals surface area contributed by atoms with Gasteiger partial charge in [-0.05, 0) is 36.8 Å². The average molecular weight is 311 g/mol. The average Bonchev–Trinajstić information content (AvgIpc) is 2.94. The van der Waals surface area contributed by atoms with E-state index in [-0.39, 0.29) is 0 Å². The zero-order valence-corrected chi connectivity index (χ0v) is 13.4. The molecular formula is C17H17N3OS. The SMILES string of the molecule is COc1cccc(CSc2nnc(C)n2-c2ccccc2)c1. The molecule has 3 aromatic rings. The highest BCUT2D eigenvalue weighted by molar-refractivity contribution is 7.98. The minimum atomic E-state index is 0.822. The summed E-state index contributed by atoms with van der Waals surface area (Å²) in [5, 5.41) is 9.40. The number of hydrogen-bond donors (Lipinski definition) is 0. The van der Waals surface area contributed by atoms with Crippen LogP contribution in [0.1, 0.15) is 11.4 Å². The molecule has 4 nitrogen and oxygen atoms in total. The first-order chi connectivity index (χ1) is 10.8. The van der Waals surface area contributed by atoms with Gasteiger partial charge >= 0.3 is 0 Å². The molecule has 0 fully saturated rings. The molecule has 0 saturated carbocycles. The molecule has 0 atom stereocenters. The molecule has 0 saturated heterocycles. The van der Waals surface area contributed by atoms with Crippen molar-refractivity contribution >= 4 is 11.8 Å². The van der Waals surface area contributed by atoms with Crippen molar-refractivity contribution in [3.05, 3.63) is 66.0 Å². The molecule has 0 aliphatic carbocycles. The maximum absolute atomic E-state index is 5.26. The Hall–Kier alpha value is -2.27. The van der Waals surface area contributed by atoms with Crippen LogP contribution in [0.2, 0.25) is 0 Å². The van der Waals surface area contributed by atoms with Gasteiger partial charge in [-0.15, -0.1) is 10.2 Å². The van der Waals surface area contributed by atoms with E-state index in [0.717, 1.165) is 28.2 Å². The number of methoxy groups -OCH3 is 1. The quantitative estimate of drug-likeness (QED) is 0.671. The minimum Gasteiger partial charge on any atom is -0.497 e. The normalized spacial score (nSPS) is 10.6. The van der Waals surface area contributed by atoms with Gasteiger partial charge in [0.1, 0.15) is 11.6 Å². The lowest BCUT2D eigenvalue weighted by Gasteiger charge is -2.08. The van der Waals surface area contributed by atoms with Crippen LogP contribution < -0.4 is 4.74 Å². The number of aryl methyl sites for hydroxylation is 1. The first-order valence-corrected chi connectivity index (χ1v) is 7.99. The summed E-state index contributed by atoms with van der Waals surface area (Å²) < 4.78 is 7.34. The van der Waals surface area contributed by atoms with Gasteiger partial charge in [-0.2, -0.15) is 0 Å². The molecule has 0 aliphatic rings. The van der Waals surface area contributed by atoms with Crippen LogP contribution in [0.25, 0.3) is 5.69 Å². The molecule has 112 valence electrons. The molecule has 22 heavy (non-hydrogen) atoms. The van der Waals surface area contributed by atoms with Gasteiger partial charge in [0.2, 0.25) is 0 Å². The molecule has 2 aromatic carbocycles. The van der Waals surface area contributed by atoms with Gasteiger partial charge in [-0.25, -0.2) is 0 Å². The van der Waals surface area contributed by atoms with Crippen molar-refractivity contribution in [3.63, 3.8) is 0 Å². The lowest BCUT2D eigenvalue weighted by atomic mass is 10.2. The smallest absolute Gasteiger partial charge is 0.196 e. The number of ether oxygens (including phenoxy) is 1. The third kappa shape index (κ3) is 3.14. The molecule has 1 aromatic heterocycles. The predicted molar refractivity (Wildman–Crippen MR) is 88.7 cm³/mol. The third-order valence-corrected chi connectivity index (χ3v) is 4.31. The number of aromatic nitrogens is 3. The molecule has 1 heterocycles. The monoisotopic (exact) mass is 311 g/mol. The van der Waals surface area contributed by atoms with Gasteiger partial charge in [0.15, 0.2) is 5.16 Å². The van der Waals surface area contributed by atoms with Crippen LogP contribution in [0, 0.1) is 6.92 Å². The lowest BCUT2D eigenvalue weighted by molar-refractivity contribution is 0.414. The van der Waals surface area contributed by atoms with E-state index in [4.69, 9.17) is 4.74 Å². The fraction of sp³-hybridized carbons (Fsp3) is 0.176. The van der Waals surface area contributed by atoms with Crippen LogP contribution in [0.4, 0.5) is 0 Å². The molecule has 0 unspecified atom stereocenters. The Morgan fingerprint density at radius 3 is 2.64 bits per heavy atom. The number of benzene rings is 2. The molecule has 3 rings (SSSR count). The van der Waals surface area contributed by atoms with Crippen molar-refractivity contribution < 1.29 is 4.74 Å². The summed E-state index contributed by atoms with van der Waals surface area (Å²) in [7, 11) is 1.68. The maximum atomic E-state index is 5.26. The summed E-state index contributed by atoms with van der Waals surface area (Å²) in [5.74, 6) is 2.58. The number of rotatable bonds is 5. The molecule has 0 spiro atoms. The van der Waals surface area contributed by atoms with E-state index in [2.05, 4.69) is 33.0 Å². The Labute approximate surface area is 134 Å². The fourth-order valence-corrected chi connectivity index (χ4v) is 3.16. The van der Waals surface area contributed by atoms with Crippen molar-refractivity contribution in [1.82, 2.24) is 14.8 Å². The van der Waals surface area contributed by atoms with Crippen LogP contribution >= 0.6 is 11.8 Å². The standard InChI is InChI=1S/C17H17N3OS/c1-13-18-19-17(20(13)15-8-4-3-5-9-15)22-12-14-7-6-10-16(11-14)21-2/h3-11H,12H2,1-2H3. The van der Waals surface area contributed by atoms with E-state index in [9.17, 15) is 0 Å². The van der Waals surface area contributed by atoms with Gasteiger partial charge in [0.05, 0.1) is 7.11 Å². The van der Waals surface area contributed by atoms with Crippen molar-refractivity contribution in [1.29, 1.82) is 0 Å². The number of nitrogens with zero attached hydrogens (tertiary/aromatic N) is 3. The Balaban J connectivity index is 1.81. The summed E-state index contributed by atoms with van der Waals surface area (Å²) in [6.45, 7) is 1.97. The van der Waals surface area contributed by atoms with Gasteiger partial charge in [-0.3, -0.25) is 4.57 Å². The first-order valence-electron chi connectivity index (χ1n) is 7.01. The number of thioether (sulfide) groups is 1. The third-order valence-electron chi connectivity index (χ3n) is 3.31. The van der Waals surface area contributed by atoms with Crippen molar-refractivity contribution in [2.24, 2.45) is 0 Å². The first kappa shape index (κ1) is 14.7. The summed E-state index contributed by atoms with van der Waals surface area (Å²) in [5.41, 5.74) is 2.28. The molecule has 0 radical (unpaired) electrons. The molecule has 0 bridgehead atoms. The highest BCUT2D eigenvalue weighted by atomic mass is 32.2. The van der Waals surface area contributed by atoms with E-state index >= 15 is 0 Å². The number of para-hydroxylation sites is 1. The van der Waals surface area contributed by atoms with Crippen LogP contribution in [-0.4, -0.2) is 21.9 Å². The highest BCUT2D eigenvalue weighted by Gasteiger charge is 2.11. The van der Waals surface area contributed by atoms with Gasteiger partial charge < -0.3 is 4.74 Å². The second-order valence-electron chi connectivity index (χ2n) is 4.84. The molecule has 0 amide bonds. The van der Waals surface area contributed by atoms with E-state index < -0.39 is 0 Å². The van der Waals surface area contributed by atoms with E-state index in [0.29, 0.717) is 0 Å². The van der Waals surface area contributed by atoms with Crippen molar-refractivity contribution in [3.8, 4) is 11.4 Å². The van der Waals surface area contributed by atoms with Gasteiger partial charge in [0.25, 0.3) is 0 Å². The molecule has 0 N–H and O–H groups in total. The molecule has 5 heteroatoms. The summed E-state index contributed by atoms with van der Waals surface area (Å²) >= 11 is 1.67. The second-order valence-corrected chi connectivity index (χ2v) is 5.78. The molecule has 0 aliphatic heterocycles. The predicted octanol–water partition coefficient (Wildman–Crippen LogP) is 3.88. The fourth-order valence-electron chi connectivity index (χ4n) is 2.22. The van der Waals surface area contributed by atoms with Crippen LogP contribution in [0.3, 0.4) is 0 Å². The molecular weight excluding hydrogens is 294 g/mol. The minimum absolute atomic E-state index is 0.822. The summed E-state index contributed by atoms with van der Waals surface area (Å²) in [6, 6.07) is 18.3. The lowest BCUT2D eigenvalue weighted by Crippen LogP contribution is -1.98. The second kappa shape index (κ2) is 6.66. The topological polar surface area (TPSA) is 39.9 Å². The Morgan fingerprint density at radius 1 is 1.05 bits per heavy atom. The van der Waals surface area contributed by atoms with Crippen LogP contribution in [-0.2, 0) is 5.75 Å². The largest absolute Gasteiger partial charge is 0.497 e.